The SMILES string of the molecule is COCCNC[C@H](Cn1ncc2c1CCc1c-2sc2ncnc(Nc3ccc(OCc4cccc(F)c4)c(Cl)c3)c12)OC(=O)C(F)(F)F. The molecule has 0 saturated carbocycles. The van der Waals surface area contributed by atoms with E-state index >= 15 is 0 Å². The van der Waals surface area contributed by atoms with Crippen molar-refractivity contribution in [2.45, 2.75) is 38.3 Å². The number of hydrogen-bond donors (Lipinski definition) is 2. The number of methoxy groups -OCH3 is 1. The van der Waals surface area contributed by atoms with Gasteiger partial charge in [0.15, 0.2) is 0 Å². The number of alkyl halides is 3. The zero-order valence-corrected chi connectivity index (χ0v) is 27.0. The number of esters is 1. The molecule has 2 N–H and O–H groups in total. The minimum atomic E-state index is -5.11. The third-order valence-electron chi connectivity index (χ3n) is 7.61. The largest absolute Gasteiger partial charge is 0.490 e. The van der Waals surface area contributed by atoms with Crippen molar-refractivity contribution >= 4 is 50.6 Å². The summed E-state index contributed by atoms with van der Waals surface area (Å²) in [5, 5.41) is 12.0. The second-order valence-corrected chi connectivity index (χ2v) is 12.3. The van der Waals surface area contributed by atoms with Crippen LogP contribution in [0, 0.1) is 5.82 Å². The van der Waals surface area contributed by atoms with Crippen LogP contribution in [0.2, 0.25) is 5.02 Å². The molecule has 3 aromatic heterocycles. The van der Waals surface area contributed by atoms with E-state index < -0.39 is 18.2 Å². The van der Waals surface area contributed by atoms with Crippen LogP contribution in [-0.4, -0.2) is 64.8 Å². The highest BCUT2D eigenvalue weighted by atomic mass is 35.5. The second-order valence-electron chi connectivity index (χ2n) is 10.9. The van der Waals surface area contributed by atoms with Crippen molar-refractivity contribution in [1.82, 2.24) is 25.1 Å². The standard InChI is InChI=1S/C32H29ClF4N6O4S/c1-45-10-9-38-13-21(47-31(44)32(35,36)37)15-43-25-7-6-22-27-29(39-17-40-30(27)48-28(22)23(25)14-41-43)42-20-5-8-26(24(33)12-20)46-16-18-3-2-4-19(34)11-18/h2-5,8,11-12,14,17,21,38H,6-7,9-10,13,15-16H2,1H3,(H,39,40,42)/t21-/m1/s1. The summed E-state index contributed by atoms with van der Waals surface area (Å²) >= 11 is 7.99. The molecule has 1 aliphatic carbocycles. The van der Waals surface area contributed by atoms with Gasteiger partial charge in [0, 0.05) is 42.0 Å². The van der Waals surface area contributed by atoms with Crippen LogP contribution in [0.25, 0.3) is 20.7 Å². The van der Waals surface area contributed by atoms with Crippen molar-refractivity contribution in [2.24, 2.45) is 0 Å². The molecule has 16 heteroatoms. The number of carbonyl (C=O) groups excluding carboxylic acids is 1. The molecule has 5 aromatic rings. The number of fused-ring (bicyclic) bond motifs is 5. The zero-order chi connectivity index (χ0) is 33.8. The van der Waals surface area contributed by atoms with E-state index in [1.807, 2.05) is 0 Å². The highest BCUT2D eigenvalue weighted by molar-refractivity contribution is 7.22. The molecule has 0 saturated heterocycles. The Balaban J connectivity index is 1.21. The first-order valence-corrected chi connectivity index (χ1v) is 16.0. The van der Waals surface area contributed by atoms with E-state index in [1.165, 1.54) is 36.9 Å². The summed E-state index contributed by atoms with van der Waals surface area (Å²) in [5.41, 5.74) is 4.02. The van der Waals surface area contributed by atoms with Gasteiger partial charge < -0.3 is 24.8 Å². The van der Waals surface area contributed by atoms with Gasteiger partial charge in [-0.1, -0.05) is 23.7 Å². The lowest BCUT2D eigenvalue weighted by molar-refractivity contribution is -0.205. The summed E-state index contributed by atoms with van der Waals surface area (Å²) in [6, 6.07) is 11.4. The van der Waals surface area contributed by atoms with Gasteiger partial charge in [0.1, 0.15) is 41.3 Å². The van der Waals surface area contributed by atoms with E-state index in [9.17, 15) is 22.4 Å². The molecule has 2 aromatic carbocycles. The molecule has 3 heterocycles. The van der Waals surface area contributed by atoms with E-state index in [0.717, 1.165) is 31.9 Å². The Labute approximate surface area is 281 Å². The maximum atomic E-state index is 13.5. The van der Waals surface area contributed by atoms with Crippen molar-refractivity contribution in [3.63, 3.8) is 0 Å². The Hall–Kier alpha value is -4.31. The number of nitrogens with zero attached hydrogens (tertiary/aromatic N) is 4. The summed E-state index contributed by atoms with van der Waals surface area (Å²) in [6.45, 7) is 0.795. The van der Waals surface area contributed by atoms with E-state index in [4.69, 9.17) is 25.8 Å². The van der Waals surface area contributed by atoms with Gasteiger partial charge in [0.05, 0.1) is 29.8 Å². The number of carbonyl (C=O) groups is 1. The van der Waals surface area contributed by atoms with Crippen molar-refractivity contribution in [3.05, 3.63) is 82.6 Å². The lowest BCUT2D eigenvalue weighted by Crippen LogP contribution is -2.39. The van der Waals surface area contributed by atoms with Gasteiger partial charge in [-0.25, -0.2) is 19.2 Å². The number of halogens is 5. The Morgan fingerprint density at radius 2 is 2.02 bits per heavy atom. The third kappa shape index (κ3) is 7.54. The van der Waals surface area contributed by atoms with Gasteiger partial charge in [-0.15, -0.1) is 11.3 Å². The van der Waals surface area contributed by atoms with Crippen molar-refractivity contribution in [1.29, 1.82) is 0 Å². The van der Waals surface area contributed by atoms with Crippen LogP contribution in [0.1, 0.15) is 16.8 Å². The molecule has 48 heavy (non-hydrogen) atoms. The summed E-state index contributed by atoms with van der Waals surface area (Å²) in [5.74, 6) is -1.57. The molecule has 1 aliphatic rings. The molecule has 0 fully saturated rings. The molecular weight excluding hydrogens is 676 g/mol. The van der Waals surface area contributed by atoms with E-state index in [0.29, 0.717) is 53.8 Å². The lowest BCUT2D eigenvalue weighted by atomic mass is 9.95. The van der Waals surface area contributed by atoms with Crippen LogP contribution in [0.4, 0.5) is 29.1 Å². The van der Waals surface area contributed by atoms with Gasteiger partial charge >= 0.3 is 12.1 Å². The molecule has 0 bridgehead atoms. The van der Waals surface area contributed by atoms with Crippen LogP contribution in [0.3, 0.4) is 0 Å². The third-order valence-corrected chi connectivity index (χ3v) is 9.08. The average molecular weight is 705 g/mol. The molecule has 0 amide bonds. The number of aryl methyl sites for hydroxylation is 1. The predicted octanol–water partition coefficient (Wildman–Crippen LogP) is 6.48. The minimum absolute atomic E-state index is 0.0112. The van der Waals surface area contributed by atoms with Crippen LogP contribution < -0.4 is 15.4 Å². The number of rotatable bonds is 13. The molecule has 0 radical (unpaired) electrons. The van der Waals surface area contributed by atoms with E-state index in [1.54, 1.807) is 41.2 Å². The van der Waals surface area contributed by atoms with Gasteiger partial charge in [-0.2, -0.15) is 18.3 Å². The molecule has 0 unspecified atom stereocenters. The zero-order valence-electron chi connectivity index (χ0n) is 25.4. The molecule has 10 nitrogen and oxygen atoms in total. The molecular formula is C32H29ClF4N6O4S. The van der Waals surface area contributed by atoms with Crippen molar-refractivity contribution in [2.75, 3.05) is 32.1 Å². The number of nitrogens with one attached hydrogen (secondary N) is 2. The van der Waals surface area contributed by atoms with Gasteiger partial charge in [0.2, 0.25) is 0 Å². The Kier molecular flexibility index (Phi) is 10.1. The first kappa shape index (κ1) is 33.6. The quantitative estimate of drug-likeness (QED) is 0.0808. The topological polar surface area (TPSA) is 112 Å². The molecule has 1 atom stereocenters. The van der Waals surface area contributed by atoms with Gasteiger partial charge in [0.25, 0.3) is 0 Å². The van der Waals surface area contributed by atoms with Crippen LogP contribution >= 0.6 is 22.9 Å². The van der Waals surface area contributed by atoms with E-state index in [-0.39, 0.29) is 25.5 Å². The van der Waals surface area contributed by atoms with Crippen molar-refractivity contribution in [3.8, 4) is 16.2 Å². The second kappa shape index (κ2) is 14.4. The van der Waals surface area contributed by atoms with Crippen LogP contribution in [0.5, 0.6) is 5.75 Å². The van der Waals surface area contributed by atoms with Crippen LogP contribution in [0.15, 0.2) is 55.0 Å². The molecule has 6 rings (SSSR count). The summed E-state index contributed by atoms with van der Waals surface area (Å²) in [6.07, 6.45) is -1.95. The maximum absolute atomic E-state index is 13.5. The molecule has 0 spiro atoms. The number of hydrogen-bond acceptors (Lipinski definition) is 10. The number of ether oxygens (including phenoxy) is 3. The molecule has 252 valence electrons. The minimum Gasteiger partial charge on any atom is -0.487 e. The van der Waals surface area contributed by atoms with Gasteiger partial charge in [-0.3, -0.25) is 4.68 Å². The highest BCUT2D eigenvalue weighted by Crippen LogP contribution is 2.45. The van der Waals surface area contributed by atoms with E-state index in [2.05, 4.69) is 25.7 Å². The molecule has 0 aliphatic heterocycles. The normalized spacial score (nSPS) is 13.2. The fourth-order valence-corrected chi connectivity index (χ4v) is 6.88. The first-order chi connectivity index (χ1) is 23.1. The highest BCUT2D eigenvalue weighted by Gasteiger charge is 2.42. The first-order valence-electron chi connectivity index (χ1n) is 14.8. The smallest absolute Gasteiger partial charge is 0.487 e. The number of aromatic nitrogens is 4. The Bertz CT molecular complexity index is 1930. The van der Waals surface area contributed by atoms with Crippen LogP contribution in [-0.2, 0) is 40.3 Å². The summed E-state index contributed by atoms with van der Waals surface area (Å²) in [7, 11) is 1.51. The Morgan fingerprint density at radius 1 is 1.17 bits per heavy atom. The number of thiophene rings is 1. The lowest BCUT2D eigenvalue weighted by Gasteiger charge is -2.22. The van der Waals surface area contributed by atoms with Gasteiger partial charge in [-0.05, 0) is 54.3 Å². The van der Waals surface area contributed by atoms with Crippen molar-refractivity contribution < 1.29 is 36.6 Å². The summed E-state index contributed by atoms with van der Waals surface area (Å²) < 4.78 is 69.7. The monoisotopic (exact) mass is 704 g/mol. The maximum Gasteiger partial charge on any atom is 0.490 e. The summed E-state index contributed by atoms with van der Waals surface area (Å²) in [4.78, 5) is 22.3. The fourth-order valence-electron chi connectivity index (χ4n) is 5.42. The number of anilines is 2. The average Bonchev–Trinajstić information content (AvgIpc) is 3.64. The fraction of sp³-hybridized carbons (Fsp3) is 0.312. The predicted molar refractivity (Wildman–Crippen MR) is 172 cm³/mol. The number of benzene rings is 2. The Morgan fingerprint density at radius 3 is 2.79 bits per heavy atom.